The second kappa shape index (κ2) is 6.57. The average molecular weight is 235 g/mol. The fourth-order valence-corrected chi connectivity index (χ4v) is 2.00. The molecule has 0 aliphatic carbocycles. The standard InChI is InChI=1S/C13H21N3O/c1-11-2-7-15-13(10-11)16-8-9-17-12-3-5-14-6-4-12/h2,7,10,12,14H,3-6,8-9H2,1H3,(H,15,16). The van der Waals surface area contributed by atoms with Gasteiger partial charge in [0.15, 0.2) is 0 Å². The van der Waals surface area contributed by atoms with Crippen molar-refractivity contribution in [2.24, 2.45) is 0 Å². The molecule has 1 aromatic heterocycles. The number of aromatic nitrogens is 1. The summed E-state index contributed by atoms with van der Waals surface area (Å²) in [5.74, 6) is 0.930. The number of rotatable bonds is 5. The van der Waals surface area contributed by atoms with Crippen molar-refractivity contribution in [2.45, 2.75) is 25.9 Å². The lowest BCUT2D eigenvalue weighted by molar-refractivity contribution is 0.0394. The van der Waals surface area contributed by atoms with Crippen molar-refractivity contribution < 1.29 is 4.74 Å². The highest BCUT2D eigenvalue weighted by molar-refractivity contribution is 5.36. The molecule has 17 heavy (non-hydrogen) atoms. The molecule has 0 aromatic carbocycles. The molecule has 0 bridgehead atoms. The van der Waals surface area contributed by atoms with Crippen LogP contribution in [0.25, 0.3) is 0 Å². The Kier molecular flexibility index (Phi) is 4.76. The van der Waals surface area contributed by atoms with E-state index < -0.39 is 0 Å². The molecule has 4 nitrogen and oxygen atoms in total. The monoisotopic (exact) mass is 235 g/mol. The SMILES string of the molecule is Cc1ccnc(NCCOC2CCNCC2)c1. The number of pyridine rings is 1. The van der Waals surface area contributed by atoms with E-state index in [1.165, 1.54) is 5.56 Å². The number of piperidine rings is 1. The lowest BCUT2D eigenvalue weighted by Gasteiger charge is -2.23. The van der Waals surface area contributed by atoms with Crippen molar-refractivity contribution in [2.75, 3.05) is 31.6 Å². The van der Waals surface area contributed by atoms with Crippen molar-refractivity contribution in [1.29, 1.82) is 0 Å². The van der Waals surface area contributed by atoms with Gasteiger partial charge in [-0.3, -0.25) is 0 Å². The van der Waals surface area contributed by atoms with E-state index in [-0.39, 0.29) is 0 Å². The smallest absolute Gasteiger partial charge is 0.126 e. The Hall–Kier alpha value is -1.13. The normalized spacial score (nSPS) is 17.0. The molecule has 2 heterocycles. The number of nitrogens with one attached hydrogen (secondary N) is 2. The first-order valence-corrected chi connectivity index (χ1v) is 6.33. The molecule has 2 rings (SSSR count). The minimum absolute atomic E-state index is 0.434. The minimum atomic E-state index is 0.434. The Morgan fingerprint density at radius 2 is 2.29 bits per heavy atom. The topological polar surface area (TPSA) is 46.2 Å². The van der Waals surface area contributed by atoms with Gasteiger partial charge >= 0.3 is 0 Å². The summed E-state index contributed by atoms with van der Waals surface area (Å²) in [6, 6.07) is 4.04. The highest BCUT2D eigenvalue weighted by Crippen LogP contribution is 2.07. The van der Waals surface area contributed by atoms with Crippen molar-refractivity contribution in [3.8, 4) is 0 Å². The molecule has 1 aromatic rings. The summed E-state index contributed by atoms with van der Waals surface area (Å²) in [6.45, 7) is 5.80. The van der Waals surface area contributed by atoms with Gasteiger partial charge in [-0.15, -0.1) is 0 Å². The van der Waals surface area contributed by atoms with E-state index in [0.29, 0.717) is 6.10 Å². The van der Waals surface area contributed by atoms with Gasteiger partial charge < -0.3 is 15.4 Å². The Bertz CT molecular complexity index is 337. The van der Waals surface area contributed by atoms with E-state index in [4.69, 9.17) is 4.74 Å². The van der Waals surface area contributed by atoms with Gasteiger partial charge in [0.2, 0.25) is 0 Å². The molecule has 94 valence electrons. The molecule has 0 radical (unpaired) electrons. The number of anilines is 1. The highest BCUT2D eigenvalue weighted by atomic mass is 16.5. The summed E-state index contributed by atoms with van der Waals surface area (Å²) < 4.78 is 5.80. The molecule has 0 amide bonds. The summed E-state index contributed by atoms with van der Waals surface area (Å²) in [5.41, 5.74) is 1.22. The van der Waals surface area contributed by atoms with Gasteiger partial charge in [0.1, 0.15) is 5.82 Å². The predicted octanol–water partition coefficient (Wildman–Crippen LogP) is 1.57. The number of nitrogens with zero attached hydrogens (tertiary/aromatic N) is 1. The zero-order valence-electron chi connectivity index (χ0n) is 10.4. The van der Waals surface area contributed by atoms with Crippen LogP contribution in [0, 0.1) is 6.92 Å². The first kappa shape index (κ1) is 12.3. The van der Waals surface area contributed by atoms with E-state index in [9.17, 15) is 0 Å². The summed E-state index contributed by atoms with van der Waals surface area (Å²) in [5, 5.41) is 6.60. The zero-order valence-corrected chi connectivity index (χ0v) is 10.4. The van der Waals surface area contributed by atoms with Gasteiger partial charge in [0.25, 0.3) is 0 Å². The third-order valence-corrected chi connectivity index (χ3v) is 2.96. The summed E-state index contributed by atoms with van der Waals surface area (Å²) in [7, 11) is 0. The molecular formula is C13H21N3O. The quantitative estimate of drug-likeness (QED) is 0.761. The van der Waals surface area contributed by atoms with Crippen LogP contribution < -0.4 is 10.6 Å². The Balaban J connectivity index is 1.62. The van der Waals surface area contributed by atoms with Crippen molar-refractivity contribution >= 4 is 5.82 Å². The van der Waals surface area contributed by atoms with E-state index in [1.54, 1.807) is 0 Å². The maximum atomic E-state index is 5.80. The fourth-order valence-electron chi connectivity index (χ4n) is 2.00. The second-order valence-corrected chi connectivity index (χ2v) is 4.47. The molecular weight excluding hydrogens is 214 g/mol. The lowest BCUT2D eigenvalue weighted by Crippen LogP contribution is -2.33. The van der Waals surface area contributed by atoms with Gasteiger partial charge in [0, 0.05) is 12.7 Å². The minimum Gasteiger partial charge on any atom is -0.376 e. The van der Waals surface area contributed by atoms with E-state index in [2.05, 4.69) is 22.5 Å². The summed E-state index contributed by atoms with van der Waals surface area (Å²) in [4.78, 5) is 4.25. The zero-order chi connectivity index (χ0) is 11.9. The first-order chi connectivity index (χ1) is 8.34. The van der Waals surface area contributed by atoms with Crippen LogP contribution in [0.2, 0.25) is 0 Å². The van der Waals surface area contributed by atoms with Gasteiger partial charge in [-0.05, 0) is 50.6 Å². The number of hydrogen-bond acceptors (Lipinski definition) is 4. The van der Waals surface area contributed by atoms with Crippen LogP contribution in [0.5, 0.6) is 0 Å². The predicted molar refractivity (Wildman–Crippen MR) is 69.3 cm³/mol. The number of hydrogen-bond donors (Lipinski definition) is 2. The largest absolute Gasteiger partial charge is 0.376 e. The van der Waals surface area contributed by atoms with Gasteiger partial charge in [-0.25, -0.2) is 4.98 Å². The van der Waals surface area contributed by atoms with E-state index in [0.717, 1.165) is 44.9 Å². The highest BCUT2D eigenvalue weighted by Gasteiger charge is 2.12. The summed E-state index contributed by atoms with van der Waals surface area (Å²) in [6.07, 6.45) is 4.51. The molecule has 0 atom stereocenters. The first-order valence-electron chi connectivity index (χ1n) is 6.33. The van der Waals surface area contributed by atoms with Gasteiger partial charge in [-0.2, -0.15) is 0 Å². The van der Waals surface area contributed by atoms with Crippen molar-refractivity contribution in [3.63, 3.8) is 0 Å². The van der Waals surface area contributed by atoms with E-state index in [1.807, 2.05) is 18.3 Å². The maximum Gasteiger partial charge on any atom is 0.126 e. The third kappa shape index (κ3) is 4.32. The number of aryl methyl sites for hydroxylation is 1. The van der Waals surface area contributed by atoms with Gasteiger partial charge in [0.05, 0.1) is 12.7 Å². The van der Waals surface area contributed by atoms with Crippen molar-refractivity contribution in [1.82, 2.24) is 10.3 Å². The molecule has 1 saturated heterocycles. The van der Waals surface area contributed by atoms with Crippen molar-refractivity contribution in [3.05, 3.63) is 23.9 Å². The molecule has 1 fully saturated rings. The van der Waals surface area contributed by atoms with Crippen LogP contribution in [-0.2, 0) is 4.74 Å². The fraction of sp³-hybridized carbons (Fsp3) is 0.615. The van der Waals surface area contributed by atoms with Crippen LogP contribution >= 0.6 is 0 Å². The summed E-state index contributed by atoms with van der Waals surface area (Å²) >= 11 is 0. The Morgan fingerprint density at radius 1 is 1.47 bits per heavy atom. The molecule has 1 aliphatic rings. The molecule has 1 aliphatic heterocycles. The molecule has 2 N–H and O–H groups in total. The molecule has 0 spiro atoms. The Morgan fingerprint density at radius 3 is 3.06 bits per heavy atom. The second-order valence-electron chi connectivity index (χ2n) is 4.47. The molecule has 4 heteroatoms. The van der Waals surface area contributed by atoms with Crippen LogP contribution in [0.15, 0.2) is 18.3 Å². The third-order valence-electron chi connectivity index (χ3n) is 2.96. The maximum absolute atomic E-state index is 5.80. The Labute approximate surface area is 103 Å². The number of ether oxygens (including phenoxy) is 1. The molecule has 0 saturated carbocycles. The van der Waals surface area contributed by atoms with Crippen LogP contribution in [0.3, 0.4) is 0 Å². The van der Waals surface area contributed by atoms with Crippen LogP contribution in [0.4, 0.5) is 5.82 Å². The van der Waals surface area contributed by atoms with Crippen LogP contribution in [-0.4, -0.2) is 37.3 Å². The molecule has 0 unspecified atom stereocenters. The van der Waals surface area contributed by atoms with Crippen LogP contribution in [0.1, 0.15) is 18.4 Å². The lowest BCUT2D eigenvalue weighted by atomic mass is 10.1. The average Bonchev–Trinajstić information content (AvgIpc) is 2.36. The van der Waals surface area contributed by atoms with Gasteiger partial charge in [-0.1, -0.05) is 0 Å². The van der Waals surface area contributed by atoms with E-state index >= 15 is 0 Å².